The Morgan fingerprint density at radius 1 is 1.11 bits per heavy atom. The molecule has 0 bridgehead atoms. The summed E-state index contributed by atoms with van der Waals surface area (Å²) in [5, 5.41) is 20.9. The third-order valence-electron chi connectivity index (χ3n) is 3.92. The van der Waals surface area contributed by atoms with Crippen molar-refractivity contribution < 1.29 is 10.0 Å². The SMILES string of the molecule is CNC(CCCCB(O)O)CCN1CCCCC1. The van der Waals surface area contributed by atoms with Crippen molar-refractivity contribution in [1.29, 1.82) is 0 Å². The molecule has 1 atom stereocenters. The minimum absolute atomic E-state index is 0.503. The molecule has 1 unspecified atom stereocenters. The van der Waals surface area contributed by atoms with E-state index < -0.39 is 7.12 Å². The molecule has 1 rings (SSSR count). The van der Waals surface area contributed by atoms with Crippen LogP contribution in [0.2, 0.25) is 6.32 Å². The summed E-state index contributed by atoms with van der Waals surface area (Å²) in [7, 11) is 0.897. The van der Waals surface area contributed by atoms with E-state index in [0.717, 1.165) is 19.3 Å². The van der Waals surface area contributed by atoms with E-state index in [0.29, 0.717) is 12.4 Å². The molecule has 0 aromatic carbocycles. The minimum atomic E-state index is -1.13. The molecule has 3 N–H and O–H groups in total. The van der Waals surface area contributed by atoms with Gasteiger partial charge >= 0.3 is 7.12 Å². The lowest BCUT2D eigenvalue weighted by Crippen LogP contribution is -2.35. The number of piperidine rings is 1. The molecule has 1 aliphatic heterocycles. The second kappa shape index (κ2) is 9.79. The minimum Gasteiger partial charge on any atom is -0.427 e. The first kappa shape index (κ1) is 16.0. The largest absolute Gasteiger partial charge is 0.451 e. The van der Waals surface area contributed by atoms with Gasteiger partial charge in [-0.1, -0.05) is 19.3 Å². The Balaban J connectivity index is 2.05. The maximum Gasteiger partial charge on any atom is 0.451 e. The zero-order chi connectivity index (χ0) is 13.2. The van der Waals surface area contributed by atoms with Gasteiger partial charge in [0.1, 0.15) is 0 Å². The first-order valence-corrected chi connectivity index (χ1v) is 7.48. The fraction of sp³-hybridized carbons (Fsp3) is 1.00. The van der Waals surface area contributed by atoms with Crippen molar-refractivity contribution in [3.05, 3.63) is 0 Å². The van der Waals surface area contributed by atoms with E-state index in [-0.39, 0.29) is 0 Å². The zero-order valence-electron chi connectivity index (χ0n) is 11.8. The Morgan fingerprint density at radius 2 is 1.83 bits per heavy atom. The summed E-state index contributed by atoms with van der Waals surface area (Å²) in [6.07, 6.45) is 8.94. The number of hydrogen-bond acceptors (Lipinski definition) is 4. The number of hydrogen-bond donors (Lipinski definition) is 3. The number of unbranched alkanes of at least 4 members (excludes halogenated alkanes) is 1. The van der Waals surface area contributed by atoms with Gasteiger partial charge in [-0.15, -0.1) is 0 Å². The van der Waals surface area contributed by atoms with Gasteiger partial charge in [-0.3, -0.25) is 0 Å². The molecule has 0 amide bonds. The zero-order valence-corrected chi connectivity index (χ0v) is 11.8. The highest BCUT2D eigenvalue weighted by Gasteiger charge is 2.13. The molecule has 0 spiro atoms. The summed E-state index contributed by atoms with van der Waals surface area (Å²) >= 11 is 0. The molecular formula is C13H29BN2O2. The van der Waals surface area contributed by atoms with Crippen molar-refractivity contribution in [2.75, 3.05) is 26.7 Å². The Labute approximate surface area is 112 Å². The third kappa shape index (κ3) is 7.36. The lowest BCUT2D eigenvalue weighted by atomic mass is 9.83. The maximum absolute atomic E-state index is 8.78. The molecule has 0 aromatic heterocycles. The van der Waals surface area contributed by atoms with Crippen LogP contribution < -0.4 is 5.32 Å². The lowest BCUT2D eigenvalue weighted by molar-refractivity contribution is 0.216. The third-order valence-corrected chi connectivity index (χ3v) is 3.92. The molecule has 5 heteroatoms. The first-order chi connectivity index (χ1) is 8.72. The number of nitrogens with zero attached hydrogens (tertiary/aromatic N) is 1. The second-order valence-corrected chi connectivity index (χ2v) is 5.44. The van der Waals surface area contributed by atoms with Crippen LogP contribution in [0.5, 0.6) is 0 Å². The lowest BCUT2D eigenvalue weighted by Gasteiger charge is -2.28. The van der Waals surface area contributed by atoms with E-state index in [9.17, 15) is 0 Å². The van der Waals surface area contributed by atoms with Crippen LogP contribution in [0.1, 0.15) is 44.9 Å². The van der Waals surface area contributed by atoms with Crippen molar-refractivity contribution in [3.8, 4) is 0 Å². The number of nitrogens with one attached hydrogen (secondary N) is 1. The Kier molecular flexibility index (Phi) is 8.68. The van der Waals surface area contributed by atoms with Gasteiger partial charge in [-0.2, -0.15) is 0 Å². The summed E-state index contributed by atoms with van der Waals surface area (Å²) in [5.41, 5.74) is 0. The van der Waals surface area contributed by atoms with E-state index in [1.807, 2.05) is 7.05 Å². The molecule has 4 nitrogen and oxygen atoms in total. The molecule has 18 heavy (non-hydrogen) atoms. The maximum atomic E-state index is 8.78. The van der Waals surface area contributed by atoms with Crippen LogP contribution in [0.4, 0.5) is 0 Å². The van der Waals surface area contributed by atoms with Crippen molar-refractivity contribution in [2.24, 2.45) is 0 Å². The van der Waals surface area contributed by atoms with Gasteiger partial charge in [0, 0.05) is 6.04 Å². The van der Waals surface area contributed by atoms with Crippen LogP contribution in [0.15, 0.2) is 0 Å². The average molecular weight is 256 g/mol. The summed E-state index contributed by atoms with van der Waals surface area (Å²) in [5.74, 6) is 0. The molecular weight excluding hydrogens is 227 g/mol. The molecule has 0 aromatic rings. The average Bonchev–Trinajstić information content (AvgIpc) is 2.39. The van der Waals surface area contributed by atoms with Crippen LogP contribution >= 0.6 is 0 Å². The van der Waals surface area contributed by atoms with Crippen molar-refractivity contribution >= 4 is 7.12 Å². The van der Waals surface area contributed by atoms with Gasteiger partial charge in [-0.05, 0) is 58.7 Å². The van der Waals surface area contributed by atoms with Crippen molar-refractivity contribution in [2.45, 2.75) is 57.3 Å². The predicted molar refractivity (Wildman–Crippen MR) is 76.6 cm³/mol. The first-order valence-electron chi connectivity index (χ1n) is 7.48. The van der Waals surface area contributed by atoms with Crippen LogP contribution in [0.25, 0.3) is 0 Å². The Bertz CT molecular complexity index is 199. The Hall–Kier alpha value is -0.0951. The summed E-state index contributed by atoms with van der Waals surface area (Å²) < 4.78 is 0. The molecule has 1 saturated heterocycles. The van der Waals surface area contributed by atoms with Crippen LogP contribution in [-0.2, 0) is 0 Å². The van der Waals surface area contributed by atoms with Gasteiger partial charge in [-0.25, -0.2) is 0 Å². The fourth-order valence-corrected chi connectivity index (χ4v) is 2.67. The van der Waals surface area contributed by atoms with E-state index in [1.165, 1.54) is 45.3 Å². The van der Waals surface area contributed by atoms with Crippen LogP contribution in [-0.4, -0.2) is 54.8 Å². The monoisotopic (exact) mass is 256 g/mol. The smallest absolute Gasteiger partial charge is 0.427 e. The highest BCUT2D eigenvalue weighted by molar-refractivity contribution is 6.40. The van der Waals surface area contributed by atoms with Crippen molar-refractivity contribution in [3.63, 3.8) is 0 Å². The summed E-state index contributed by atoms with van der Waals surface area (Å²) in [4.78, 5) is 2.57. The van der Waals surface area contributed by atoms with E-state index in [1.54, 1.807) is 0 Å². The van der Waals surface area contributed by atoms with Crippen LogP contribution in [0, 0.1) is 0 Å². The number of likely N-dealkylation sites (tertiary alicyclic amines) is 1. The van der Waals surface area contributed by atoms with Crippen molar-refractivity contribution in [1.82, 2.24) is 10.2 Å². The number of rotatable bonds is 9. The van der Waals surface area contributed by atoms with E-state index in [2.05, 4.69) is 10.2 Å². The summed E-state index contributed by atoms with van der Waals surface area (Å²) in [6, 6.07) is 0.572. The van der Waals surface area contributed by atoms with Gasteiger partial charge in [0.25, 0.3) is 0 Å². The molecule has 1 heterocycles. The predicted octanol–water partition coefficient (Wildman–Crippen LogP) is 1.09. The fourth-order valence-electron chi connectivity index (χ4n) is 2.67. The van der Waals surface area contributed by atoms with E-state index >= 15 is 0 Å². The van der Waals surface area contributed by atoms with Gasteiger partial charge < -0.3 is 20.3 Å². The van der Waals surface area contributed by atoms with E-state index in [4.69, 9.17) is 10.0 Å². The second-order valence-electron chi connectivity index (χ2n) is 5.44. The standard InChI is InChI=1S/C13H29BN2O2/c1-15-13(7-3-4-9-14(17)18)8-12-16-10-5-2-6-11-16/h13,15,17-18H,2-12H2,1H3. The Morgan fingerprint density at radius 3 is 2.44 bits per heavy atom. The topological polar surface area (TPSA) is 55.7 Å². The molecule has 0 aliphatic carbocycles. The molecule has 106 valence electrons. The molecule has 1 aliphatic rings. The van der Waals surface area contributed by atoms with Gasteiger partial charge in [0.2, 0.25) is 0 Å². The highest BCUT2D eigenvalue weighted by atomic mass is 16.4. The van der Waals surface area contributed by atoms with Gasteiger partial charge in [0.05, 0.1) is 0 Å². The molecule has 1 fully saturated rings. The highest BCUT2D eigenvalue weighted by Crippen LogP contribution is 2.12. The summed E-state index contributed by atoms with van der Waals surface area (Å²) in [6.45, 7) is 3.74. The van der Waals surface area contributed by atoms with Gasteiger partial charge in [0.15, 0.2) is 0 Å². The quantitative estimate of drug-likeness (QED) is 0.427. The molecule has 0 saturated carbocycles. The van der Waals surface area contributed by atoms with Crippen LogP contribution in [0.3, 0.4) is 0 Å². The normalized spacial score (nSPS) is 18.8. The molecule has 0 radical (unpaired) electrons.